The Labute approximate surface area is 152 Å². The molecule has 0 unspecified atom stereocenters. The van der Waals surface area contributed by atoms with Gasteiger partial charge in [-0.25, -0.2) is 4.79 Å². The van der Waals surface area contributed by atoms with Crippen LogP contribution in [0, 0.1) is 25.2 Å². The molecule has 0 atom stereocenters. The van der Waals surface area contributed by atoms with E-state index < -0.39 is 0 Å². The molecule has 0 saturated carbocycles. The highest BCUT2D eigenvalue weighted by atomic mass is 16.5. The maximum atomic E-state index is 12.1. The van der Waals surface area contributed by atoms with E-state index in [2.05, 4.69) is 0 Å². The Morgan fingerprint density at radius 3 is 2.31 bits per heavy atom. The van der Waals surface area contributed by atoms with Gasteiger partial charge in [0.15, 0.2) is 0 Å². The molecule has 1 aromatic carbocycles. The summed E-state index contributed by atoms with van der Waals surface area (Å²) in [5, 5.41) is 9.28. The molecule has 2 aromatic rings. The molecule has 1 heterocycles. The van der Waals surface area contributed by atoms with E-state index in [1.807, 2.05) is 42.7 Å². The fraction of sp³-hybridized carbons (Fsp3) is 0.250. The average Bonchev–Trinajstić information content (AvgIpc) is 2.91. The van der Waals surface area contributed by atoms with E-state index in [9.17, 15) is 14.9 Å². The number of hydrogen-bond acceptors (Lipinski definition) is 4. The molecule has 134 valence electrons. The predicted molar refractivity (Wildman–Crippen MR) is 98.9 cm³/mol. The Bertz CT molecular complexity index is 913. The maximum Gasteiger partial charge on any atom is 0.337 e. The molecule has 6 heteroatoms. The highest BCUT2D eigenvalue weighted by Crippen LogP contribution is 2.23. The molecule has 0 aliphatic heterocycles. The molecule has 26 heavy (non-hydrogen) atoms. The van der Waals surface area contributed by atoms with Crippen molar-refractivity contribution < 1.29 is 14.3 Å². The van der Waals surface area contributed by atoms with Crippen molar-refractivity contribution in [3.63, 3.8) is 0 Å². The number of amides is 1. The van der Waals surface area contributed by atoms with Crippen molar-refractivity contribution in [2.45, 2.75) is 13.8 Å². The van der Waals surface area contributed by atoms with Crippen LogP contribution in [-0.2, 0) is 9.53 Å². The maximum absolute atomic E-state index is 12.1. The fourth-order valence-corrected chi connectivity index (χ4v) is 2.73. The van der Waals surface area contributed by atoms with Gasteiger partial charge >= 0.3 is 5.97 Å². The van der Waals surface area contributed by atoms with Crippen LogP contribution in [0.3, 0.4) is 0 Å². The molecule has 0 fully saturated rings. The Hall–Kier alpha value is -3.33. The number of hydrogen-bond donors (Lipinski definition) is 0. The van der Waals surface area contributed by atoms with Gasteiger partial charge in [-0.15, -0.1) is 0 Å². The summed E-state index contributed by atoms with van der Waals surface area (Å²) in [6, 6.07) is 10.9. The van der Waals surface area contributed by atoms with Crippen LogP contribution in [0.2, 0.25) is 0 Å². The summed E-state index contributed by atoms with van der Waals surface area (Å²) in [5.74, 6) is -0.721. The molecule has 0 N–H and O–H groups in total. The SMILES string of the molecule is COC(=O)c1ccc(-n2c(C)cc(C=C(C#N)C(=O)N(C)C)c2C)cc1. The Morgan fingerprint density at radius 2 is 1.81 bits per heavy atom. The smallest absolute Gasteiger partial charge is 0.337 e. The summed E-state index contributed by atoms with van der Waals surface area (Å²) in [5.41, 5.74) is 4.08. The third kappa shape index (κ3) is 3.67. The largest absolute Gasteiger partial charge is 0.465 e. The number of aromatic nitrogens is 1. The number of aryl methyl sites for hydroxylation is 1. The summed E-state index contributed by atoms with van der Waals surface area (Å²) in [7, 11) is 4.57. The lowest BCUT2D eigenvalue weighted by Gasteiger charge is -2.11. The molecule has 6 nitrogen and oxygen atoms in total. The number of ether oxygens (including phenoxy) is 1. The van der Waals surface area contributed by atoms with Crippen LogP contribution in [0.25, 0.3) is 11.8 Å². The van der Waals surface area contributed by atoms with Crippen molar-refractivity contribution >= 4 is 18.0 Å². The van der Waals surface area contributed by atoms with Gasteiger partial charge in [0.2, 0.25) is 0 Å². The molecule has 0 aliphatic rings. The number of carbonyl (C=O) groups is 2. The number of rotatable bonds is 4. The molecular weight excluding hydrogens is 330 g/mol. The number of carbonyl (C=O) groups excluding carboxylic acids is 2. The van der Waals surface area contributed by atoms with E-state index in [0.717, 1.165) is 22.6 Å². The first-order valence-electron chi connectivity index (χ1n) is 8.01. The van der Waals surface area contributed by atoms with Crippen LogP contribution in [0.5, 0.6) is 0 Å². The van der Waals surface area contributed by atoms with Crippen molar-refractivity contribution in [3.05, 3.63) is 58.4 Å². The van der Waals surface area contributed by atoms with Gasteiger partial charge in [0.05, 0.1) is 12.7 Å². The lowest BCUT2D eigenvalue weighted by molar-refractivity contribution is -0.124. The Morgan fingerprint density at radius 1 is 1.19 bits per heavy atom. The quantitative estimate of drug-likeness (QED) is 0.482. The van der Waals surface area contributed by atoms with Crippen molar-refractivity contribution in [2.75, 3.05) is 21.2 Å². The number of benzene rings is 1. The lowest BCUT2D eigenvalue weighted by atomic mass is 10.1. The van der Waals surface area contributed by atoms with E-state index in [1.165, 1.54) is 12.0 Å². The number of nitrogens with zero attached hydrogens (tertiary/aromatic N) is 3. The van der Waals surface area contributed by atoms with Crippen LogP contribution in [0.4, 0.5) is 0 Å². The molecular formula is C20H21N3O3. The molecule has 0 aliphatic carbocycles. The fourth-order valence-electron chi connectivity index (χ4n) is 2.73. The molecule has 0 bridgehead atoms. The van der Waals surface area contributed by atoms with Gasteiger partial charge in [0.25, 0.3) is 5.91 Å². The first kappa shape index (κ1) is 19.0. The number of likely N-dealkylation sites (N-methyl/N-ethyl adjacent to an activating group) is 1. The zero-order valence-electron chi connectivity index (χ0n) is 15.5. The standard InChI is InChI=1S/C20H21N3O3/c1-13-10-16(11-17(12-21)19(24)22(3)4)14(2)23(13)18-8-6-15(7-9-18)20(25)26-5/h6-11H,1-5H3. The first-order valence-corrected chi connectivity index (χ1v) is 8.01. The van der Waals surface area contributed by atoms with E-state index in [0.29, 0.717) is 5.56 Å². The second-order valence-corrected chi connectivity index (χ2v) is 6.07. The van der Waals surface area contributed by atoms with Gasteiger partial charge in [-0.2, -0.15) is 5.26 Å². The average molecular weight is 351 g/mol. The summed E-state index contributed by atoms with van der Waals surface area (Å²) >= 11 is 0. The van der Waals surface area contributed by atoms with Crippen LogP contribution >= 0.6 is 0 Å². The minimum absolute atomic E-state index is 0.0799. The van der Waals surface area contributed by atoms with Crippen molar-refractivity contribution in [3.8, 4) is 11.8 Å². The Balaban J connectivity index is 2.47. The third-order valence-electron chi connectivity index (χ3n) is 4.07. The van der Waals surface area contributed by atoms with E-state index in [1.54, 1.807) is 32.3 Å². The van der Waals surface area contributed by atoms with Crippen molar-refractivity contribution in [1.29, 1.82) is 5.26 Å². The van der Waals surface area contributed by atoms with E-state index in [-0.39, 0.29) is 17.4 Å². The zero-order chi connectivity index (χ0) is 19.4. The summed E-state index contributed by atoms with van der Waals surface area (Å²) in [6.45, 7) is 3.86. The molecule has 0 saturated heterocycles. The molecule has 1 aromatic heterocycles. The number of nitriles is 1. The van der Waals surface area contributed by atoms with Gasteiger partial charge in [0.1, 0.15) is 11.6 Å². The van der Waals surface area contributed by atoms with Crippen LogP contribution in [0.15, 0.2) is 35.9 Å². The van der Waals surface area contributed by atoms with Gasteiger partial charge in [0, 0.05) is 31.2 Å². The first-order chi connectivity index (χ1) is 12.3. The summed E-state index contributed by atoms with van der Waals surface area (Å²) in [4.78, 5) is 25.0. The van der Waals surface area contributed by atoms with Crippen molar-refractivity contribution in [1.82, 2.24) is 9.47 Å². The van der Waals surface area contributed by atoms with Crippen LogP contribution < -0.4 is 0 Å². The van der Waals surface area contributed by atoms with Crippen LogP contribution in [-0.4, -0.2) is 42.5 Å². The zero-order valence-corrected chi connectivity index (χ0v) is 15.5. The van der Waals surface area contributed by atoms with E-state index in [4.69, 9.17) is 4.74 Å². The van der Waals surface area contributed by atoms with Gasteiger partial charge in [-0.1, -0.05) is 0 Å². The molecule has 0 radical (unpaired) electrons. The van der Waals surface area contributed by atoms with Gasteiger partial charge < -0.3 is 14.2 Å². The minimum atomic E-state index is -0.387. The molecule has 2 rings (SSSR count). The van der Waals surface area contributed by atoms with Gasteiger partial charge in [-0.3, -0.25) is 4.79 Å². The highest BCUT2D eigenvalue weighted by Gasteiger charge is 2.15. The third-order valence-corrected chi connectivity index (χ3v) is 4.07. The number of methoxy groups -OCH3 is 1. The second kappa shape index (κ2) is 7.70. The van der Waals surface area contributed by atoms with Gasteiger partial charge in [-0.05, 0) is 55.8 Å². The summed E-state index contributed by atoms with van der Waals surface area (Å²) in [6.07, 6.45) is 1.60. The lowest BCUT2D eigenvalue weighted by Crippen LogP contribution is -2.22. The van der Waals surface area contributed by atoms with Crippen LogP contribution in [0.1, 0.15) is 27.3 Å². The highest BCUT2D eigenvalue weighted by molar-refractivity contribution is 6.01. The molecule has 1 amide bonds. The monoisotopic (exact) mass is 351 g/mol. The van der Waals surface area contributed by atoms with E-state index >= 15 is 0 Å². The van der Waals surface area contributed by atoms with Crippen molar-refractivity contribution in [2.24, 2.45) is 0 Å². The number of esters is 1. The second-order valence-electron chi connectivity index (χ2n) is 6.07. The predicted octanol–water partition coefficient (Wildman–Crippen LogP) is 2.88. The molecule has 0 spiro atoms. The topological polar surface area (TPSA) is 75.3 Å². The Kier molecular flexibility index (Phi) is 5.63. The summed E-state index contributed by atoms with van der Waals surface area (Å²) < 4.78 is 6.71. The normalized spacial score (nSPS) is 11.0. The minimum Gasteiger partial charge on any atom is -0.465 e.